The van der Waals surface area contributed by atoms with Crippen LogP contribution in [0.1, 0.15) is 15.9 Å². The number of carbonyl (C=O) groups excluding carboxylic acids is 1. The summed E-state index contributed by atoms with van der Waals surface area (Å²) in [7, 11) is 0. The largest absolute Gasteiger partial charge is 0.484 e. The number of benzene rings is 2. The second-order valence-electron chi connectivity index (χ2n) is 6.01. The SMILES string of the molecule is O=C(C=Cc1ccc([N+](=O)[O-])cc1)c1cc(OCC(F)(F)F)ccc1OCC(F)(F)F. The van der Waals surface area contributed by atoms with Gasteiger partial charge in [0.05, 0.1) is 10.5 Å². The van der Waals surface area contributed by atoms with E-state index in [4.69, 9.17) is 0 Å². The van der Waals surface area contributed by atoms with Crippen molar-refractivity contribution in [3.05, 3.63) is 69.8 Å². The van der Waals surface area contributed by atoms with Crippen LogP contribution in [0, 0.1) is 10.1 Å². The highest BCUT2D eigenvalue weighted by Crippen LogP contribution is 2.28. The van der Waals surface area contributed by atoms with Crippen LogP contribution in [0.5, 0.6) is 11.5 Å². The zero-order valence-electron chi connectivity index (χ0n) is 15.4. The number of carbonyl (C=O) groups is 1. The number of non-ortho nitro benzene ring substituents is 1. The highest BCUT2D eigenvalue weighted by atomic mass is 19.4. The minimum atomic E-state index is -4.71. The summed E-state index contributed by atoms with van der Waals surface area (Å²) in [6.07, 6.45) is -7.21. The average molecular weight is 449 g/mol. The molecule has 0 aliphatic rings. The molecule has 0 heterocycles. The van der Waals surface area contributed by atoms with E-state index < -0.39 is 53.3 Å². The molecule has 0 saturated heterocycles. The van der Waals surface area contributed by atoms with Gasteiger partial charge in [0.1, 0.15) is 11.5 Å². The highest BCUT2D eigenvalue weighted by Gasteiger charge is 2.30. The Bertz CT molecular complexity index is 967. The number of halogens is 6. The molecular weight excluding hydrogens is 436 g/mol. The van der Waals surface area contributed by atoms with Crippen molar-refractivity contribution in [2.75, 3.05) is 13.2 Å². The number of allylic oxidation sites excluding steroid dienone is 1. The van der Waals surface area contributed by atoms with Crippen molar-refractivity contribution >= 4 is 17.5 Å². The molecule has 0 bridgehead atoms. The summed E-state index contributed by atoms with van der Waals surface area (Å²) < 4.78 is 83.4. The Labute approximate surface area is 170 Å². The molecular formula is C19H13F6NO5. The van der Waals surface area contributed by atoms with Crippen molar-refractivity contribution in [3.8, 4) is 11.5 Å². The lowest BCUT2D eigenvalue weighted by atomic mass is 10.1. The van der Waals surface area contributed by atoms with Gasteiger partial charge >= 0.3 is 12.4 Å². The molecule has 0 radical (unpaired) electrons. The van der Waals surface area contributed by atoms with E-state index in [2.05, 4.69) is 9.47 Å². The van der Waals surface area contributed by atoms with Crippen molar-refractivity contribution in [3.63, 3.8) is 0 Å². The van der Waals surface area contributed by atoms with Gasteiger partial charge in [0, 0.05) is 12.1 Å². The number of ether oxygens (including phenoxy) is 2. The Hall–Kier alpha value is -3.57. The normalized spacial score (nSPS) is 12.1. The van der Waals surface area contributed by atoms with Crippen LogP contribution in [0.3, 0.4) is 0 Å². The maximum Gasteiger partial charge on any atom is 0.422 e. The first-order chi connectivity index (χ1) is 14.3. The first-order valence-electron chi connectivity index (χ1n) is 8.34. The fourth-order valence-electron chi connectivity index (χ4n) is 2.21. The van der Waals surface area contributed by atoms with Gasteiger partial charge < -0.3 is 9.47 Å². The number of ketones is 1. The average Bonchev–Trinajstić information content (AvgIpc) is 2.68. The summed E-state index contributed by atoms with van der Waals surface area (Å²) in [6.45, 7) is -3.38. The van der Waals surface area contributed by atoms with E-state index in [1.54, 1.807) is 0 Å². The Morgan fingerprint density at radius 1 is 0.935 bits per heavy atom. The molecule has 6 nitrogen and oxygen atoms in total. The van der Waals surface area contributed by atoms with Crippen LogP contribution in [0.25, 0.3) is 6.08 Å². The van der Waals surface area contributed by atoms with Crippen LogP contribution in [0.2, 0.25) is 0 Å². The monoisotopic (exact) mass is 449 g/mol. The van der Waals surface area contributed by atoms with E-state index in [0.29, 0.717) is 5.56 Å². The standard InChI is InChI=1S/C19H13F6NO5/c20-18(21,22)10-30-14-6-8-17(31-11-19(23,24)25)15(9-14)16(27)7-3-12-1-4-13(5-2-12)26(28)29/h1-9H,10-11H2. The minimum Gasteiger partial charge on any atom is -0.484 e. The summed E-state index contributed by atoms with van der Waals surface area (Å²) in [5, 5.41) is 10.6. The zero-order chi connectivity index (χ0) is 23.2. The van der Waals surface area contributed by atoms with Crippen LogP contribution in [-0.4, -0.2) is 36.3 Å². The van der Waals surface area contributed by atoms with E-state index in [1.165, 1.54) is 30.3 Å². The van der Waals surface area contributed by atoms with Crippen LogP contribution >= 0.6 is 0 Å². The first kappa shape index (κ1) is 23.7. The molecule has 2 aromatic carbocycles. The zero-order valence-corrected chi connectivity index (χ0v) is 15.4. The van der Waals surface area contributed by atoms with Crippen LogP contribution in [0.4, 0.5) is 32.0 Å². The predicted molar refractivity (Wildman–Crippen MR) is 96.0 cm³/mol. The summed E-state index contributed by atoms with van der Waals surface area (Å²) in [5.74, 6) is -1.79. The molecule has 0 atom stereocenters. The van der Waals surface area contributed by atoms with Crippen molar-refractivity contribution < 1.29 is 45.5 Å². The molecule has 12 heteroatoms. The smallest absolute Gasteiger partial charge is 0.422 e. The molecule has 0 aliphatic heterocycles. The molecule has 0 fully saturated rings. The number of hydrogen-bond donors (Lipinski definition) is 0. The number of hydrogen-bond acceptors (Lipinski definition) is 5. The lowest BCUT2D eigenvalue weighted by molar-refractivity contribution is -0.384. The topological polar surface area (TPSA) is 78.7 Å². The van der Waals surface area contributed by atoms with Crippen molar-refractivity contribution in [2.45, 2.75) is 12.4 Å². The van der Waals surface area contributed by atoms with E-state index in [9.17, 15) is 41.3 Å². The van der Waals surface area contributed by atoms with Gasteiger partial charge in [0.15, 0.2) is 19.0 Å². The summed E-state index contributed by atoms with van der Waals surface area (Å²) in [5.41, 5.74) is -0.288. The van der Waals surface area contributed by atoms with Crippen LogP contribution in [-0.2, 0) is 0 Å². The van der Waals surface area contributed by atoms with Crippen molar-refractivity contribution in [2.24, 2.45) is 0 Å². The Balaban J connectivity index is 2.27. The lowest BCUT2D eigenvalue weighted by Crippen LogP contribution is -2.21. The van der Waals surface area contributed by atoms with Gasteiger partial charge in [-0.05, 0) is 42.0 Å². The fourth-order valence-corrected chi connectivity index (χ4v) is 2.21. The Morgan fingerprint density at radius 3 is 2.06 bits per heavy atom. The quantitative estimate of drug-likeness (QED) is 0.178. The molecule has 0 aromatic heterocycles. The predicted octanol–water partition coefficient (Wildman–Crippen LogP) is 5.37. The molecule has 0 saturated carbocycles. The van der Waals surface area contributed by atoms with Crippen LogP contribution < -0.4 is 9.47 Å². The summed E-state index contributed by atoms with van der Waals surface area (Å²) in [4.78, 5) is 22.5. The summed E-state index contributed by atoms with van der Waals surface area (Å²) >= 11 is 0. The molecule has 0 aliphatic carbocycles. The van der Waals surface area contributed by atoms with E-state index in [0.717, 1.165) is 24.3 Å². The molecule has 0 N–H and O–H groups in total. The van der Waals surface area contributed by atoms with Crippen molar-refractivity contribution in [1.82, 2.24) is 0 Å². The van der Waals surface area contributed by atoms with E-state index in [1.807, 2.05) is 0 Å². The van der Waals surface area contributed by atoms with Gasteiger partial charge in [-0.2, -0.15) is 26.3 Å². The van der Waals surface area contributed by atoms with E-state index >= 15 is 0 Å². The molecule has 166 valence electrons. The molecule has 0 spiro atoms. The van der Waals surface area contributed by atoms with Gasteiger partial charge in [0.2, 0.25) is 0 Å². The molecule has 2 rings (SSSR count). The molecule has 0 amide bonds. The number of nitro groups is 1. The number of nitrogens with zero attached hydrogens (tertiary/aromatic N) is 1. The first-order valence-corrected chi connectivity index (χ1v) is 8.34. The Kier molecular flexibility index (Phi) is 7.26. The van der Waals surface area contributed by atoms with Gasteiger partial charge in [-0.1, -0.05) is 6.08 Å². The molecule has 0 unspecified atom stereocenters. The van der Waals surface area contributed by atoms with E-state index in [-0.39, 0.29) is 5.69 Å². The second kappa shape index (κ2) is 9.49. The highest BCUT2D eigenvalue weighted by molar-refractivity contribution is 6.08. The number of rotatable bonds is 8. The number of nitro benzene ring substituents is 1. The maximum atomic E-state index is 12.5. The third-order valence-corrected chi connectivity index (χ3v) is 3.54. The Morgan fingerprint density at radius 2 is 1.52 bits per heavy atom. The third-order valence-electron chi connectivity index (χ3n) is 3.54. The second-order valence-corrected chi connectivity index (χ2v) is 6.01. The third kappa shape index (κ3) is 7.99. The summed E-state index contributed by atoms with van der Waals surface area (Å²) in [6, 6.07) is 7.66. The molecule has 31 heavy (non-hydrogen) atoms. The van der Waals surface area contributed by atoms with Crippen molar-refractivity contribution in [1.29, 1.82) is 0 Å². The van der Waals surface area contributed by atoms with Gasteiger partial charge in [0.25, 0.3) is 5.69 Å². The number of alkyl halides is 6. The van der Waals surface area contributed by atoms with Gasteiger partial charge in [-0.15, -0.1) is 0 Å². The van der Waals surface area contributed by atoms with Crippen LogP contribution in [0.15, 0.2) is 48.5 Å². The fraction of sp³-hybridized carbons (Fsp3) is 0.211. The minimum absolute atomic E-state index is 0.194. The van der Waals surface area contributed by atoms with Gasteiger partial charge in [-0.25, -0.2) is 0 Å². The molecule has 2 aromatic rings. The lowest BCUT2D eigenvalue weighted by Gasteiger charge is -2.14. The van der Waals surface area contributed by atoms with Gasteiger partial charge in [-0.3, -0.25) is 14.9 Å². The maximum absolute atomic E-state index is 12.5.